The van der Waals surface area contributed by atoms with Gasteiger partial charge < -0.3 is 5.32 Å². The van der Waals surface area contributed by atoms with Crippen molar-refractivity contribution in [3.63, 3.8) is 0 Å². The summed E-state index contributed by atoms with van der Waals surface area (Å²) in [4.78, 5) is 10.5. The molecular formula is C10H18ClNO. The number of carbonyl (C=O) groups excluding carboxylic acids is 1. The van der Waals surface area contributed by atoms with Crippen molar-refractivity contribution in [2.45, 2.75) is 51.6 Å². The average Bonchev–Trinajstić information content (AvgIpc) is 1.80. The number of hydrogen-bond donors (Lipinski definition) is 1. The van der Waals surface area contributed by atoms with E-state index in [2.05, 4.69) is 33.0 Å². The molecule has 1 heterocycles. The van der Waals surface area contributed by atoms with Gasteiger partial charge in [0.25, 0.3) is 0 Å². The molecule has 0 aromatic heterocycles. The van der Waals surface area contributed by atoms with Crippen LogP contribution in [0.25, 0.3) is 0 Å². The van der Waals surface area contributed by atoms with Crippen LogP contribution in [0.3, 0.4) is 0 Å². The third kappa shape index (κ3) is 3.51. The smallest absolute Gasteiger partial charge is 0.123 e. The maximum atomic E-state index is 10.5. The summed E-state index contributed by atoms with van der Waals surface area (Å²) < 4.78 is 0. The molecule has 0 radical (unpaired) electrons. The van der Waals surface area contributed by atoms with Crippen molar-refractivity contribution >= 4 is 18.3 Å². The van der Waals surface area contributed by atoms with Gasteiger partial charge in [0, 0.05) is 16.7 Å². The molecule has 3 heteroatoms. The van der Waals surface area contributed by atoms with Crippen molar-refractivity contribution in [2.75, 3.05) is 0 Å². The third-order valence-electron chi connectivity index (χ3n) is 2.13. The molecule has 0 spiro atoms. The minimum atomic E-state index is 0. The van der Waals surface area contributed by atoms with Crippen molar-refractivity contribution in [2.24, 2.45) is 0 Å². The number of halogens is 1. The Balaban J connectivity index is 0.00000144. The van der Waals surface area contributed by atoms with E-state index >= 15 is 0 Å². The summed E-state index contributed by atoms with van der Waals surface area (Å²) in [6, 6.07) is 0. The van der Waals surface area contributed by atoms with E-state index in [1.54, 1.807) is 0 Å². The lowest BCUT2D eigenvalue weighted by Gasteiger charge is -2.42. The number of rotatable bonds is 0. The lowest BCUT2D eigenvalue weighted by molar-refractivity contribution is 0.224. The van der Waals surface area contributed by atoms with Gasteiger partial charge in [0.2, 0.25) is 0 Å². The molecule has 76 valence electrons. The first-order chi connectivity index (χ1) is 5.35. The molecule has 1 saturated heterocycles. The molecule has 1 N–H and O–H groups in total. The van der Waals surface area contributed by atoms with Crippen LogP contribution in [0, 0.1) is 0 Å². The summed E-state index contributed by atoms with van der Waals surface area (Å²) >= 11 is 0. The van der Waals surface area contributed by atoms with E-state index in [9.17, 15) is 4.79 Å². The van der Waals surface area contributed by atoms with Crippen molar-refractivity contribution in [1.29, 1.82) is 0 Å². The van der Waals surface area contributed by atoms with E-state index in [0.29, 0.717) is 0 Å². The van der Waals surface area contributed by atoms with Crippen LogP contribution in [0.2, 0.25) is 0 Å². The highest BCUT2D eigenvalue weighted by Crippen LogP contribution is 2.30. The zero-order valence-electron chi connectivity index (χ0n) is 8.73. The Bertz CT molecular complexity index is 221. The first-order valence-corrected chi connectivity index (χ1v) is 4.37. The van der Waals surface area contributed by atoms with E-state index in [-0.39, 0.29) is 23.5 Å². The predicted molar refractivity (Wildman–Crippen MR) is 57.0 cm³/mol. The van der Waals surface area contributed by atoms with E-state index in [1.807, 2.05) is 5.94 Å². The standard InChI is InChI=1S/C10H17NO.ClH/c1-9(2)5-8(7-12)6-10(3,4)11-9;/h11H,5-6H2,1-4H3;1H. The Hall–Kier alpha value is -0.300. The summed E-state index contributed by atoms with van der Waals surface area (Å²) in [5, 5.41) is 3.50. The van der Waals surface area contributed by atoms with Gasteiger partial charge in [-0.1, -0.05) is 0 Å². The monoisotopic (exact) mass is 203 g/mol. The Kier molecular flexibility index (Phi) is 3.74. The summed E-state index contributed by atoms with van der Waals surface area (Å²) in [6.45, 7) is 8.47. The minimum Gasteiger partial charge on any atom is -0.306 e. The Labute approximate surface area is 86.2 Å². The fourth-order valence-corrected chi connectivity index (χ4v) is 2.21. The highest BCUT2D eigenvalue weighted by atomic mass is 35.5. The van der Waals surface area contributed by atoms with Gasteiger partial charge in [-0.25, -0.2) is 4.79 Å². The van der Waals surface area contributed by atoms with Gasteiger partial charge in [-0.2, -0.15) is 0 Å². The van der Waals surface area contributed by atoms with Gasteiger partial charge in [-0.3, -0.25) is 0 Å². The van der Waals surface area contributed by atoms with E-state index in [1.165, 1.54) is 0 Å². The quantitative estimate of drug-likeness (QED) is 0.611. The molecule has 0 aliphatic carbocycles. The van der Waals surface area contributed by atoms with Crippen molar-refractivity contribution in [3.05, 3.63) is 5.57 Å². The second-order valence-electron chi connectivity index (χ2n) is 4.95. The topological polar surface area (TPSA) is 29.1 Å². The van der Waals surface area contributed by atoms with Gasteiger partial charge in [0.05, 0.1) is 0 Å². The molecular weight excluding hydrogens is 186 g/mol. The van der Waals surface area contributed by atoms with Crippen LogP contribution in [0.4, 0.5) is 0 Å². The van der Waals surface area contributed by atoms with Crippen molar-refractivity contribution in [3.8, 4) is 0 Å². The van der Waals surface area contributed by atoms with E-state index in [0.717, 1.165) is 18.4 Å². The highest BCUT2D eigenvalue weighted by molar-refractivity contribution is 5.85. The zero-order chi connectivity index (χ0) is 9.41. The van der Waals surface area contributed by atoms with E-state index in [4.69, 9.17) is 0 Å². The molecule has 1 rings (SSSR count). The fourth-order valence-electron chi connectivity index (χ4n) is 2.21. The first kappa shape index (κ1) is 12.7. The van der Waals surface area contributed by atoms with Crippen LogP contribution in [-0.2, 0) is 4.79 Å². The van der Waals surface area contributed by atoms with Crippen LogP contribution in [0.5, 0.6) is 0 Å². The second-order valence-corrected chi connectivity index (χ2v) is 4.95. The Morgan fingerprint density at radius 1 is 1.15 bits per heavy atom. The molecule has 0 unspecified atom stereocenters. The predicted octanol–water partition coefficient (Wildman–Crippen LogP) is 2.11. The summed E-state index contributed by atoms with van der Waals surface area (Å²) in [5.41, 5.74) is 0.979. The number of nitrogens with one attached hydrogen (secondary N) is 1. The van der Waals surface area contributed by atoms with Crippen LogP contribution < -0.4 is 5.32 Å². The molecule has 2 nitrogen and oxygen atoms in total. The van der Waals surface area contributed by atoms with Gasteiger partial charge in [-0.05, 0) is 40.5 Å². The molecule has 0 bridgehead atoms. The van der Waals surface area contributed by atoms with Crippen LogP contribution in [-0.4, -0.2) is 17.0 Å². The lowest BCUT2D eigenvalue weighted by atomic mass is 9.80. The molecule has 0 aromatic rings. The molecule has 13 heavy (non-hydrogen) atoms. The highest BCUT2D eigenvalue weighted by Gasteiger charge is 2.34. The van der Waals surface area contributed by atoms with Crippen LogP contribution >= 0.6 is 12.4 Å². The largest absolute Gasteiger partial charge is 0.306 e. The SMILES string of the molecule is CC1(C)CC(=C=O)CC(C)(C)N1.Cl. The van der Waals surface area contributed by atoms with Gasteiger partial charge in [0.15, 0.2) is 0 Å². The normalized spacial score (nSPS) is 24.5. The van der Waals surface area contributed by atoms with Crippen molar-refractivity contribution < 1.29 is 4.79 Å². The number of hydrogen-bond acceptors (Lipinski definition) is 2. The summed E-state index contributed by atoms with van der Waals surface area (Å²) in [5.74, 6) is 2.04. The average molecular weight is 204 g/mol. The van der Waals surface area contributed by atoms with Crippen molar-refractivity contribution in [1.82, 2.24) is 5.32 Å². The first-order valence-electron chi connectivity index (χ1n) is 4.37. The third-order valence-corrected chi connectivity index (χ3v) is 2.13. The van der Waals surface area contributed by atoms with Gasteiger partial charge in [-0.15, -0.1) is 12.4 Å². The maximum absolute atomic E-state index is 10.5. The molecule has 0 saturated carbocycles. The van der Waals surface area contributed by atoms with E-state index < -0.39 is 0 Å². The van der Waals surface area contributed by atoms with Gasteiger partial charge in [0.1, 0.15) is 5.94 Å². The maximum Gasteiger partial charge on any atom is 0.123 e. The lowest BCUT2D eigenvalue weighted by Crippen LogP contribution is -2.56. The summed E-state index contributed by atoms with van der Waals surface area (Å²) in [7, 11) is 0. The molecule has 0 atom stereocenters. The van der Waals surface area contributed by atoms with Gasteiger partial charge >= 0.3 is 0 Å². The Morgan fingerprint density at radius 2 is 1.54 bits per heavy atom. The number of piperidine rings is 1. The molecule has 1 fully saturated rings. The second kappa shape index (κ2) is 3.83. The molecule has 1 aliphatic rings. The fraction of sp³-hybridized carbons (Fsp3) is 0.800. The summed E-state index contributed by atoms with van der Waals surface area (Å²) in [6.07, 6.45) is 1.64. The Morgan fingerprint density at radius 3 is 1.85 bits per heavy atom. The van der Waals surface area contributed by atoms with Crippen LogP contribution in [0.1, 0.15) is 40.5 Å². The molecule has 0 aromatic carbocycles. The molecule has 0 amide bonds. The van der Waals surface area contributed by atoms with Crippen LogP contribution in [0.15, 0.2) is 5.57 Å². The zero-order valence-corrected chi connectivity index (χ0v) is 9.55. The molecule has 1 aliphatic heterocycles. The minimum absolute atomic E-state index is 0.